The molecule has 6 rings (SSSR count). The zero-order chi connectivity index (χ0) is 23.4. The number of fused-ring (bicyclic) bond motifs is 2. The van der Waals surface area contributed by atoms with Crippen molar-refractivity contribution in [3.63, 3.8) is 0 Å². The fourth-order valence-corrected chi connectivity index (χ4v) is 6.68. The third-order valence-electron chi connectivity index (χ3n) is 7.44. The Morgan fingerprint density at radius 1 is 1.00 bits per heavy atom. The molecule has 1 saturated heterocycles. The number of amides is 1. The van der Waals surface area contributed by atoms with Gasteiger partial charge in [0, 0.05) is 37.9 Å². The Labute approximate surface area is 197 Å². The first-order chi connectivity index (χ1) is 16.4. The minimum Gasteiger partial charge on any atom is -0.431 e. The summed E-state index contributed by atoms with van der Waals surface area (Å²) in [6, 6.07) is 0.680. The molecule has 2 fully saturated rings. The lowest BCUT2D eigenvalue weighted by atomic mass is 9.98. The van der Waals surface area contributed by atoms with E-state index in [-0.39, 0.29) is 17.5 Å². The van der Waals surface area contributed by atoms with Crippen molar-refractivity contribution in [3.8, 4) is 0 Å². The van der Waals surface area contributed by atoms with Crippen LogP contribution in [0.25, 0.3) is 0 Å². The summed E-state index contributed by atoms with van der Waals surface area (Å²) in [6.07, 6.45) is 8.29. The predicted molar refractivity (Wildman–Crippen MR) is 123 cm³/mol. The van der Waals surface area contributed by atoms with Gasteiger partial charge in [0.15, 0.2) is 5.69 Å². The summed E-state index contributed by atoms with van der Waals surface area (Å²) in [5, 5.41) is 3.16. The maximum Gasteiger partial charge on any atom is 0.304 e. The Balaban J connectivity index is 1.16. The number of halogens is 1. The first-order valence-corrected chi connectivity index (χ1v) is 13.5. The van der Waals surface area contributed by atoms with Crippen LogP contribution in [0, 0.1) is 5.82 Å². The van der Waals surface area contributed by atoms with Crippen molar-refractivity contribution in [2.75, 3.05) is 31.5 Å². The van der Waals surface area contributed by atoms with Gasteiger partial charge in [0.1, 0.15) is 12.1 Å². The monoisotopic (exact) mass is 489 g/mol. The molecule has 34 heavy (non-hydrogen) atoms. The molecule has 1 aromatic carbocycles. The van der Waals surface area contributed by atoms with Gasteiger partial charge in [-0.1, -0.05) is 0 Å². The highest BCUT2D eigenvalue weighted by Gasteiger charge is 2.35. The van der Waals surface area contributed by atoms with Gasteiger partial charge in [-0.15, -0.1) is 0 Å². The molecule has 9 nitrogen and oxygen atoms in total. The average molecular weight is 490 g/mol. The fourth-order valence-electron chi connectivity index (χ4n) is 5.56. The SMILES string of the molecule is O=C(NS(=O)(=O)N1CCN(C2CC2)CC1)c1coc(Nc2c3c(c(F)c4c2CCC4)CCC3)n1. The molecule has 1 aromatic heterocycles. The molecule has 1 saturated carbocycles. The van der Waals surface area contributed by atoms with Gasteiger partial charge >= 0.3 is 10.2 Å². The van der Waals surface area contributed by atoms with Crippen molar-refractivity contribution in [2.24, 2.45) is 0 Å². The Bertz CT molecular complexity index is 1210. The zero-order valence-corrected chi connectivity index (χ0v) is 19.7. The minimum absolute atomic E-state index is 0.0683. The number of hydrogen-bond acceptors (Lipinski definition) is 7. The second-order valence-corrected chi connectivity index (χ2v) is 11.2. The van der Waals surface area contributed by atoms with Crippen molar-refractivity contribution >= 4 is 27.8 Å². The van der Waals surface area contributed by atoms with E-state index >= 15 is 0 Å². The van der Waals surface area contributed by atoms with E-state index in [0.29, 0.717) is 32.2 Å². The molecule has 3 aliphatic carbocycles. The van der Waals surface area contributed by atoms with Gasteiger partial charge < -0.3 is 9.73 Å². The molecule has 0 spiro atoms. The van der Waals surface area contributed by atoms with Gasteiger partial charge in [-0.25, -0.2) is 9.11 Å². The minimum atomic E-state index is -3.97. The number of oxazole rings is 1. The number of piperazine rings is 1. The smallest absolute Gasteiger partial charge is 0.304 e. The quantitative estimate of drug-likeness (QED) is 0.641. The Morgan fingerprint density at radius 3 is 2.24 bits per heavy atom. The van der Waals surface area contributed by atoms with E-state index in [9.17, 15) is 17.6 Å². The van der Waals surface area contributed by atoms with E-state index in [0.717, 1.165) is 72.7 Å². The largest absolute Gasteiger partial charge is 0.431 e. The molecule has 2 aromatic rings. The number of aromatic nitrogens is 1. The Kier molecular flexibility index (Phi) is 5.38. The molecule has 2 heterocycles. The number of benzene rings is 1. The van der Waals surface area contributed by atoms with E-state index in [4.69, 9.17) is 4.42 Å². The van der Waals surface area contributed by atoms with Crippen molar-refractivity contribution < 1.29 is 22.0 Å². The first kappa shape index (κ1) is 22.0. The van der Waals surface area contributed by atoms with E-state index in [1.807, 2.05) is 0 Å². The normalized spacial score (nSPS) is 20.9. The third-order valence-corrected chi connectivity index (χ3v) is 8.92. The lowest BCUT2D eigenvalue weighted by molar-refractivity contribution is 0.0972. The van der Waals surface area contributed by atoms with Crippen LogP contribution in [-0.4, -0.2) is 60.7 Å². The summed E-state index contributed by atoms with van der Waals surface area (Å²) >= 11 is 0. The van der Waals surface area contributed by atoms with E-state index in [1.165, 1.54) is 17.1 Å². The van der Waals surface area contributed by atoms with Crippen LogP contribution in [0.4, 0.5) is 16.1 Å². The molecule has 1 amide bonds. The Morgan fingerprint density at radius 2 is 1.62 bits per heavy atom. The van der Waals surface area contributed by atoms with Crippen LogP contribution in [0.2, 0.25) is 0 Å². The highest BCUT2D eigenvalue weighted by atomic mass is 32.2. The van der Waals surface area contributed by atoms with Crippen LogP contribution in [0.3, 0.4) is 0 Å². The molecule has 1 aliphatic heterocycles. The van der Waals surface area contributed by atoms with Crippen molar-refractivity contribution in [1.29, 1.82) is 0 Å². The molecule has 0 unspecified atom stereocenters. The van der Waals surface area contributed by atoms with Crippen LogP contribution in [0.1, 0.15) is 58.4 Å². The molecule has 2 N–H and O–H groups in total. The summed E-state index contributed by atoms with van der Waals surface area (Å²) in [6.45, 7) is 2.05. The summed E-state index contributed by atoms with van der Waals surface area (Å²) in [4.78, 5) is 19.1. The number of carbonyl (C=O) groups is 1. The average Bonchev–Trinajstić information content (AvgIpc) is 3.21. The van der Waals surface area contributed by atoms with Crippen molar-refractivity contribution in [3.05, 3.63) is 40.0 Å². The molecule has 0 bridgehead atoms. The van der Waals surface area contributed by atoms with Crippen molar-refractivity contribution in [2.45, 2.75) is 57.4 Å². The van der Waals surface area contributed by atoms with E-state index in [1.54, 1.807) is 0 Å². The number of hydrogen-bond donors (Lipinski definition) is 2. The molecule has 0 radical (unpaired) electrons. The zero-order valence-electron chi connectivity index (χ0n) is 18.9. The fraction of sp³-hybridized carbons (Fsp3) is 0.565. The summed E-state index contributed by atoms with van der Waals surface area (Å²) in [5.41, 5.74) is 4.14. The van der Waals surface area contributed by atoms with E-state index in [2.05, 4.69) is 19.9 Å². The molecule has 4 aliphatic rings. The van der Waals surface area contributed by atoms with Crippen molar-refractivity contribution in [1.82, 2.24) is 18.9 Å². The second kappa shape index (κ2) is 8.31. The lowest BCUT2D eigenvalue weighted by Crippen LogP contribution is -2.53. The van der Waals surface area contributed by atoms with E-state index < -0.39 is 16.1 Å². The lowest BCUT2D eigenvalue weighted by Gasteiger charge is -2.33. The maximum atomic E-state index is 14.9. The van der Waals surface area contributed by atoms with Crippen LogP contribution in [-0.2, 0) is 35.9 Å². The summed E-state index contributed by atoms with van der Waals surface area (Å²) in [7, 11) is -3.97. The van der Waals surface area contributed by atoms with Crippen LogP contribution < -0.4 is 10.0 Å². The predicted octanol–water partition coefficient (Wildman–Crippen LogP) is 2.29. The summed E-state index contributed by atoms with van der Waals surface area (Å²) < 4.78 is 49.2. The van der Waals surface area contributed by atoms with Gasteiger partial charge in [0.25, 0.3) is 11.9 Å². The molecule has 11 heteroatoms. The number of rotatable bonds is 6. The maximum absolute atomic E-state index is 14.9. The van der Waals surface area contributed by atoms with Gasteiger partial charge in [-0.3, -0.25) is 9.69 Å². The van der Waals surface area contributed by atoms with Gasteiger partial charge in [-0.05, 0) is 73.6 Å². The highest BCUT2D eigenvalue weighted by Crippen LogP contribution is 2.42. The first-order valence-electron chi connectivity index (χ1n) is 12.0. The van der Waals surface area contributed by atoms with Gasteiger partial charge in [0.05, 0.1) is 0 Å². The molecular formula is C23H28FN5O4S. The number of nitrogens with one attached hydrogen (secondary N) is 2. The third kappa shape index (κ3) is 3.89. The standard InChI is InChI=1S/C23H28FN5O4S/c24-20-15-3-1-5-17(15)21(18-6-2-4-16(18)20)26-23-25-19(13-33-23)22(30)27-34(31,32)29-11-9-28(10-12-29)14-7-8-14/h13-14H,1-12H2,(H,25,26)(H,27,30). The molecular weight excluding hydrogens is 461 g/mol. The number of nitrogens with zero attached hydrogens (tertiary/aromatic N) is 3. The Hall–Kier alpha value is -2.50. The number of anilines is 2. The van der Waals surface area contributed by atoms with Gasteiger partial charge in [-0.2, -0.15) is 17.7 Å². The van der Waals surface area contributed by atoms with Crippen LogP contribution >= 0.6 is 0 Å². The van der Waals surface area contributed by atoms with Crippen LogP contribution in [0.5, 0.6) is 0 Å². The van der Waals surface area contributed by atoms with Gasteiger partial charge in [0.2, 0.25) is 0 Å². The topological polar surface area (TPSA) is 108 Å². The molecule has 182 valence electrons. The molecule has 0 atom stereocenters. The number of carbonyl (C=O) groups excluding carboxylic acids is 1. The summed E-state index contributed by atoms with van der Waals surface area (Å²) in [5.74, 6) is -0.905. The van der Waals surface area contributed by atoms with Crippen LogP contribution in [0.15, 0.2) is 10.7 Å². The second-order valence-electron chi connectivity index (χ2n) is 9.58. The highest BCUT2D eigenvalue weighted by molar-refractivity contribution is 7.87.